The average molecular weight is 374 g/mol. The van der Waals surface area contributed by atoms with Crippen LogP contribution in [0.5, 0.6) is 5.88 Å². The number of halogens is 2. The third kappa shape index (κ3) is 5.00. The summed E-state index contributed by atoms with van der Waals surface area (Å²) in [6.45, 7) is 4.60. The summed E-state index contributed by atoms with van der Waals surface area (Å²) in [6.07, 6.45) is 3.71. The summed E-state index contributed by atoms with van der Waals surface area (Å²) in [5.74, 6) is 1.51. The molecule has 21 heavy (non-hydrogen) atoms. The van der Waals surface area contributed by atoms with Crippen LogP contribution in [0, 0.1) is 0 Å². The van der Waals surface area contributed by atoms with Gasteiger partial charge in [0.05, 0.1) is 6.26 Å². The summed E-state index contributed by atoms with van der Waals surface area (Å²) in [5.41, 5.74) is 0.967. The molecule has 0 amide bonds. The highest BCUT2D eigenvalue weighted by molar-refractivity contribution is 9.09. The first kappa shape index (κ1) is 16.3. The Kier molecular flexibility index (Phi) is 6.06. The first-order valence-corrected chi connectivity index (χ1v) is 8.18. The van der Waals surface area contributed by atoms with Gasteiger partial charge in [-0.2, -0.15) is 0 Å². The minimum absolute atomic E-state index is 0.305. The molecule has 2 aromatic heterocycles. The van der Waals surface area contributed by atoms with Gasteiger partial charge in [0.1, 0.15) is 12.4 Å². The fourth-order valence-electron chi connectivity index (χ4n) is 1.96. The zero-order valence-electron chi connectivity index (χ0n) is 12.1. The topological polar surface area (TPSA) is 48.2 Å². The van der Waals surface area contributed by atoms with E-state index in [1.807, 2.05) is 18.2 Å². The minimum atomic E-state index is 0.305. The minimum Gasteiger partial charge on any atom is -0.468 e. The van der Waals surface area contributed by atoms with Crippen molar-refractivity contribution < 1.29 is 9.15 Å². The van der Waals surface area contributed by atoms with Crippen molar-refractivity contribution in [3.63, 3.8) is 0 Å². The highest BCUT2D eigenvalue weighted by atomic mass is 79.9. The van der Waals surface area contributed by atoms with E-state index in [1.54, 1.807) is 6.26 Å². The Hall–Kier alpha value is -1.07. The van der Waals surface area contributed by atoms with Crippen LogP contribution in [0.4, 0.5) is 0 Å². The molecular weight excluding hydrogens is 356 g/mol. The molecule has 114 valence electrons. The lowest BCUT2D eigenvalue weighted by atomic mass is 9.97. The Labute approximate surface area is 138 Å². The number of alkyl halides is 1. The summed E-state index contributed by atoms with van der Waals surface area (Å²) in [5, 5.41) is 8.38. The van der Waals surface area contributed by atoms with Crippen molar-refractivity contribution >= 4 is 27.5 Å². The third-order valence-electron chi connectivity index (χ3n) is 3.22. The van der Waals surface area contributed by atoms with Crippen LogP contribution in [0.3, 0.4) is 0 Å². The second-order valence-electron chi connectivity index (χ2n) is 5.06. The molecule has 0 spiro atoms. The number of ether oxygens (including phenoxy) is 1. The maximum Gasteiger partial charge on any atom is 0.234 e. The average Bonchev–Trinajstić information content (AvgIpc) is 2.97. The van der Waals surface area contributed by atoms with Gasteiger partial charge in [-0.05, 0) is 36.5 Å². The maximum absolute atomic E-state index is 6.15. The van der Waals surface area contributed by atoms with Crippen LogP contribution >= 0.6 is 27.5 Å². The molecule has 0 aromatic carbocycles. The predicted molar refractivity (Wildman–Crippen MR) is 86.1 cm³/mol. The molecular formula is C15H18BrClN2O2. The summed E-state index contributed by atoms with van der Waals surface area (Å²) in [6, 6.07) is 5.54. The summed E-state index contributed by atoms with van der Waals surface area (Å²) < 4.78 is 10.8. The van der Waals surface area contributed by atoms with Crippen molar-refractivity contribution in [1.82, 2.24) is 10.2 Å². The Morgan fingerprint density at radius 1 is 1.33 bits per heavy atom. The van der Waals surface area contributed by atoms with Crippen molar-refractivity contribution in [2.45, 2.75) is 44.0 Å². The molecule has 0 aliphatic carbocycles. The molecule has 0 radical (unpaired) electrons. The van der Waals surface area contributed by atoms with Gasteiger partial charge in [0.15, 0.2) is 5.15 Å². The first-order chi connectivity index (χ1) is 10.1. The van der Waals surface area contributed by atoms with Crippen LogP contribution < -0.4 is 4.74 Å². The van der Waals surface area contributed by atoms with E-state index < -0.39 is 0 Å². The summed E-state index contributed by atoms with van der Waals surface area (Å²) >= 11 is 9.71. The van der Waals surface area contributed by atoms with Gasteiger partial charge in [-0.3, -0.25) is 0 Å². The second kappa shape index (κ2) is 7.80. The number of nitrogens with zero attached hydrogens (tertiary/aromatic N) is 2. The fraction of sp³-hybridized carbons (Fsp3) is 0.467. The normalized spacial score (nSPS) is 13.9. The van der Waals surface area contributed by atoms with E-state index in [-0.39, 0.29) is 0 Å². The Morgan fingerprint density at radius 2 is 2.14 bits per heavy atom. The molecule has 2 heterocycles. The molecule has 0 bridgehead atoms. The van der Waals surface area contributed by atoms with E-state index >= 15 is 0 Å². The molecule has 0 aliphatic rings. The van der Waals surface area contributed by atoms with Gasteiger partial charge in [-0.25, -0.2) is 0 Å². The molecule has 2 rings (SSSR count). The number of hydrogen-bond acceptors (Lipinski definition) is 4. The standard InChI is InChI=1S/C15H18BrClN2O2/c1-10(5-6-11(2)16)13-8-14(18-19-15(13)17)21-9-12-4-3-7-20-12/h3-4,7-8,10-11H,5-6,9H2,1-2H3. The van der Waals surface area contributed by atoms with E-state index in [4.69, 9.17) is 20.8 Å². The zero-order valence-corrected chi connectivity index (χ0v) is 14.4. The molecule has 6 heteroatoms. The lowest BCUT2D eigenvalue weighted by Gasteiger charge is -2.14. The zero-order chi connectivity index (χ0) is 15.2. The molecule has 2 unspecified atom stereocenters. The van der Waals surface area contributed by atoms with Crippen molar-refractivity contribution in [2.75, 3.05) is 0 Å². The fourth-order valence-corrected chi connectivity index (χ4v) is 2.51. The summed E-state index contributed by atoms with van der Waals surface area (Å²) in [4.78, 5) is 0.489. The van der Waals surface area contributed by atoms with Crippen LogP contribution in [0.1, 0.15) is 43.9 Å². The van der Waals surface area contributed by atoms with E-state index in [1.165, 1.54) is 0 Å². The molecule has 0 saturated heterocycles. The molecule has 0 fully saturated rings. The van der Waals surface area contributed by atoms with Gasteiger partial charge < -0.3 is 9.15 Å². The molecule has 2 aromatic rings. The van der Waals surface area contributed by atoms with E-state index in [0.717, 1.165) is 24.2 Å². The summed E-state index contributed by atoms with van der Waals surface area (Å²) in [7, 11) is 0. The quantitative estimate of drug-likeness (QED) is 0.643. The van der Waals surface area contributed by atoms with Gasteiger partial charge in [-0.1, -0.05) is 41.4 Å². The van der Waals surface area contributed by atoms with E-state index in [9.17, 15) is 0 Å². The Balaban J connectivity index is 2.02. The lowest BCUT2D eigenvalue weighted by molar-refractivity contribution is 0.257. The molecule has 4 nitrogen and oxygen atoms in total. The van der Waals surface area contributed by atoms with E-state index in [0.29, 0.717) is 28.4 Å². The predicted octanol–water partition coefficient (Wildman–Crippen LogP) is 4.97. The van der Waals surface area contributed by atoms with Crippen molar-refractivity contribution in [1.29, 1.82) is 0 Å². The van der Waals surface area contributed by atoms with Gasteiger partial charge in [0.25, 0.3) is 0 Å². The molecule has 2 atom stereocenters. The third-order valence-corrected chi connectivity index (χ3v) is 3.98. The Morgan fingerprint density at radius 3 is 2.81 bits per heavy atom. The number of hydrogen-bond donors (Lipinski definition) is 0. The first-order valence-electron chi connectivity index (χ1n) is 6.88. The highest BCUT2D eigenvalue weighted by Crippen LogP contribution is 2.29. The Bertz CT molecular complexity index is 561. The van der Waals surface area contributed by atoms with Crippen molar-refractivity contribution in [3.8, 4) is 5.88 Å². The smallest absolute Gasteiger partial charge is 0.234 e. The number of rotatable bonds is 7. The SMILES string of the molecule is CC(Br)CCC(C)c1cc(OCc2ccco2)nnc1Cl. The van der Waals surface area contributed by atoms with Gasteiger partial charge in [-0.15, -0.1) is 10.2 Å². The monoisotopic (exact) mass is 372 g/mol. The molecule has 0 N–H and O–H groups in total. The lowest BCUT2D eigenvalue weighted by Crippen LogP contribution is -2.03. The van der Waals surface area contributed by atoms with Crippen molar-refractivity contribution in [2.24, 2.45) is 0 Å². The molecule has 0 aliphatic heterocycles. The van der Waals surface area contributed by atoms with Crippen LogP contribution in [0.2, 0.25) is 5.15 Å². The second-order valence-corrected chi connectivity index (χ2v) is 6.98. The number of aromatic nitrogens is 2. The van der Waals surface area contributed by atoms with Crippen LogP contribution in [-0.4, -0.2) is 15.0 Å². The van der Waals surface area contributed by atoms with Gasteiger partial charge in [0, 0.05) is 10.9 Å². The van der Waals surface area contributed by atoms with Crippen molar-refractivity contribution in [3.05, 3.63) is 40.9 Å². The van der Waals surface area contributed by atoms with Gasteiger partial charge in [0.2, 0.25) is 5.88 Å². The van der Waals surface area contributed by atoms with Gasteiger partial charge >= 0.3 is 0 Å². The highest BCUT2D eigenvalue weighted by Gasteiger charge is 2.14. The van der Waals surface area contributed by atoms with Crippen LogP contribution in [-0.2, 0) is 6.61 Å². The maximum atomic E-state index is 6.15. The van der Waals surface area contributed by atoms with Crippen LogP contribution in [0.25, 0.3) is 0 Å². The van der Waals surface area contributed by atoms with Crippen LogP contribution in [0.15, 0.2) is 28.9 Å². The largest absolute Gasteiger partial charge is 0.468 e. The molecule has 0 saturated carbocycles. The number of furan rings is 1. The van der Waals surface area contributed by atoms with E-state index in [2.05, 4.69) is 40.0 Å².